The van der Waals surface area contributed by atoms with Crippen molar-refractivity contribution in [2.75, 3.05) is 59.4 Å². The molecular formula is C33H47ClN6O4S. The Morgan fingerprint density at radius 3 is 2.36 bits per heavy atom. The highest BCUT2D eigenvalue weighted by molar-refractivity contribution is 7.89. The fourth-order valence-corrected chi connectivity index (χ4v) is 9.33. The van der Waals surface area contributed by atoms with E-state index < -0.39 is 10.0 Å². The number of benzene rings is 1. The van der Waals surface area contributed by atoms with Gasteiger partial charge in [-0.1, -0.05) is 18.0 Å². The molecule has 3 aliphatic heterocycles. The van der Waals surface area contributed by atoms with Crippen LogP contribution in [0.25, 0.3) is 0 Å². The van der Waals surface area contributed by atoms with E-state index in [1.54, 1.807) is 47.9 Å². The lowest BCUT2D eigenvalue weighted by Crippen LogP contribution is -2.64. The van der Waals surface area contributed by atoms with Crippen LogP contribution in [0.3, 0.4) is 0 Å². The van der Waals surface area contributed by atoms with Crippen molar-refractivity contribution in [3.63, 3.8) is 0 Å². The average molecular weight is 659 g/mol. The Balaban J connectivity index is 1.22. The number of aromatic nitrogens is 1. The van der Waals surface area contributed by atoms with Crippen LogP contribution in [0.1, 0.15) is 66.4 Å². The molecule has 1 atom stereocenters. The van der Waals surface area contributed by atoms with Gasteiger partial charge in [-0.05, 0) is 88.4 Å². The lowest BCUT2D eigenvalue weighted by atomic mass is 9.84. The van der Waals surface area contributed by atoms with E-state index >= 15 is 0 Å². The summed E-state index contributed by atoms with van der Waals surface area (Å²) in [5, 5.41) is 3.73. The van der Waals surface area contributed by atoms with Gasteiger partial charge in [0.1, 0.15) is 0 Å². The van der Waals surface area contributed by atoms with E-state index in [1.807, 2.05) is 11.8 Å². The molecule has 2 amide bonds. The summed E-state index contributed by atoms with van der Waals surface area (Å²) in [6.45, 7) is 9.62. The smallest absolute Gasteiger partial charge is 0.251 e. The van der Waals surface area contributed by atoms with E-state index in [0.29, 0.717) is 60.1 Å². The summed E-state index contributed by atoms with van der Waals surface area (Å²) in [6.07, 6.45) is 8.13. The van der Waals surface area contributed by atoms with Crippen molar-refractivity contribution < 1.29 is 18.0 Å². The van der Waals surface area contributed by atoms with Crippen molar-refractivity contribution in [2.24, 2.45) is 0 Å². The van der Waals surface area contributed by atoms with Gasteiger partial charge in [-0.25, -0.2) is 8.42 Å². The largest absolute Gasteiger partial charge is 0.350 e. The van der Waals surface area contributed by atoms with Crippen LogP contribution in [0, 0.1) is 13.8 Å². The monoisotopic (exact) mass is 658 g/mol. The van der Waals surface area contributed by atoms with Crippen LogP contribution in [0.4, 0.5) is 0 Å². The molecule has 1 unspecified atom stereocenters. The first-order chi connectivity index (χ1) is 21.5. The van der Waals surface area contributed by atoms with Crippen LogP contribution < -0.4 is 5.32 Å². The average Bonchev–Trinajstić information content (AvgIpc) is 3.05. The summed E-state index contributed by atoms with van der Waals surface area (Å²) in [6, 6.07) is 6.62. The minimum absolute atomic E-state index is 0.0734. The van der Waals surface area contributed by atoms with Gasteiger partial charge in [0.15, 0.2) is 0 Å². The number of hydrogen-bond donors (Lipinski definition) is 1. The van der Waals surface area contributed by atoms with Gasteiger partial charge in [-0.2, -0.15) is 4.31 Å². The zero-order valence-electron chi connectivity index (χ0n) is 26.8. The molecule has 3 fully saturated rings. The second kappa shape index (κ2) is 14.5. The molecular weight excluding hydrogens is 612 g/mol. The van der Waals surface area contributed by atoms with Gasteiger partial charge in [-0.15, -0.1) is 0 Å². The minimum atomic E-state index is -3.72. The number of aryl methyl sites for hydroxylation is 2. The van der Waals surface area contributed by atoms with Crippen LogP contribution in [0.2, 0.25) is 5.02 Å². The first-order valence-corrected chi connectivity index (χ1v) is 18.0. The fraction of sp³-hybridized carbons (Fsp3) is 0.606. The molecule has 0 bridgehead atoms. The van der Waals surface area contributed by atoms with E-state index in [1.165, 1.54) is 0 Å². The third kappa shape index (κ3) is 7.71. The van der Waals surface area contributed by atoms with Crippen molar-refractivity contribution >= 4 is 33.4 Å². The van der Waals surface area contributed by atoms with Crippen LogP contribution in [0.5, 0.6) is 0 Å². The summed E-state index contributed by atoms with van der Waals surface area (Å²) in [7, 11) is -1.58. The summed E-state index contributed by atoms with van der Waals surface area (Å²) in [5.41, 5.74) is 1.74. The van der Waals surface area contributed by atoms with E-state index in [4.69, 9.17) is 11.6 Å². The van der Waals surface area contributed by atoms with Crippen LogP contribution in [0.15, 0.2) is 41.6 Å². The number of halogens is 1. The van der Waals surface area contributed by atoms with Crippen LogP contribution >= 0.6 is 11.6 Å². The van der Waals surface area contributed by atoms with E-state index in [-0.39, 0.29) is 23.4 Å². The molecule has 12 heteroatoms. The van der Waals surface area contributed by atoms with Gasteiger partial charge in [-0.3, -0.25) is 19.5 Å². The topological polar surface area (TPSA) is 106 Å². The van der Waals surface area contributed by atoms with Gasteiger partial charge < -0.3 is 15.1 Å². The number of carbonyl (C=O) groups excluding carboxylic acids is 2. The number of nitrogens with zero attached hydrogens (tertiary/aromatic N) is 5. The van der Waals surface area contributed by atoms with E-state index in [0.717, 1.165) is 63.8 Å². The lowest BCUT2D eigenvalue weighted by Gasteiger charge is -2.51. The number of piperazine rings is 1. The fourth-order valence-electron chi connectivity index (χ4n) is 7.09. The Hall–Kier alpha value is -2.57. The molecule has 3 aliphatic rings. The molecule has 45 heavy (non-hydrogen) atoms. The number of likely N-dealkylation sites (N-methyl/N-ethyl adjacent to an activating group) is 1. The zero-order chi connectivity index (χ0) is 32.2. The normalized spacial score (nSPS) is 21.9. The standard InChI is InChI=1S/C33H47ClN6O4S/c1-25-23-30(26(2)22-29(25)34)45(43,44)40-15-5-4-6-28(40)7-8-31(41)38-16-11-33(12-17-38,39-20-18-37(3)19-21-39)24-36-32(42)27-9-13-35-14-10-27/h9-10,13-14,22-23,28H,4-8,11-12,15-21,24H2,1-3H3,(H,36,42). The third-order valence-corrected chi connectivity index (χ3v) is 12.5. The maximum absolute atomic E-state index is 13.8. The highest BCUT2D eigenvalue weighted by atomic mass is 35.5. The second-order valence-corrected chi connectivity index (χ2v) is 15.3. The zero-order valence-corrected chi connectivity index (χ0v) is 28.4. The molecule has 1 aromatic heterocycles. The van der Waals surface area contributed by atoms with Crippen molar-refractivity contribution in [3.05, 3.63) is 58.4 Å². The SMILES string of the molecule is Cc1cc(S(=O)(=O)N2CCCCC2CCC(=O)N2CCC(CNC(=O)c3ccncc3)(N3CCN(C)CC3)CC2)c(C)cc1Cl. The Labute approximate surface area is 273 Å². The first-order valence-electron chi connectivity index (χ1n) is 16.2. The Morgan fingerprint density at radius 2 is 1.67 bits per heavy atom. The van der Waals surface area contributed by atoms with Gasteiger partial charge in [0, 0.05) is 93.3 Å². The number of pyridine rings is 1. The molecule has 4 heterocycles. The second-order valence-electron chi connectivity index (χ2n) is 13.0. The molecule has 1 N–H and O–H groups in total. The number of carbonyl (C=O) groups is 2. The highest BCUT2D eigenvalue weighted by Crippen LogP contribution is 2.33. The maximum atomic E-state index is 13.8. The van der Waals surface area contributed by atoms with Crippen molar-refractivity contribution in [3.8, 4) is 0 Å². The number of hydrogen-bond acceptors (Lipinski definition) is 7. The number of nitrogens with one attached hydrogen (secondary N) is 1. The third-order valence-electron chi connectivity index (χ3n) is 10.0. The number of likely N-dealkylation sites (tertiary alicyclic amines) is 1. The molecule has 0 saturated carbocycles. The summed E-state index contributed by atoms with van der Waals surface area (Å²) >= 11 is 6.26. The molecule has 0 radical (unpaired) electrons. The molecule has 3 saturated heterocycles. The van der Waals surface area contributed by atoms with Crippen molar-refractivity contribution in [1.82, 2.24) is 29.3 Å². The van der Waals surface area contributed by atoms with Gasteiger partial charge in [0.05, 0.1) is 4.90 Å². The van der Waals surface area contributed by atoms with E-state index in [9.17, 15) is 18.0 Å². The molecule has 0 spiro atoms. The maximum Gasteiger partial charge on any atom is 0.251 e. The molecule has 5 rings (SSSR count). The summed E-state index contributed by atoms with van der Waals surface area (Å²) in [4.78, 5) is 37.5. The predicted octanol–water partition coefficient (Wildman–Crippen LogP) is 3.71. The Bertz CT molecular complexity index is 1460. The predicted molar refractivity (Wildman–Crippen MR) is 176 cm³/mol. The summed E-state index contributed by atoms with van der Waals surface area (Å²) in [5.74, 6) is -0.0374. The van der Waals surface area contributed by atoms with Gasteiger partial charge >= 0.3 is 0 Å². The molecule has 246 valence electrons. The van der Waals surface area contributed by atoms with Gasteiger partial charge in [0.2, 0.25) is 15.9 Å². The quantitative estimate of drug-likeness (QED) is 0.438. The Kier molecular flexibility index (Phi) is 10.9. The number of piperidine rings is 2. The first kappa shape index (κ1) is 33.8. The van der Waals surface area contributed by atoms with Crippen molar-refractivity contribution in [2.45, 2.75) is 75.3 Å². The Morgan fingerprint density at radius 1 is 0.978 bits per heavy atom. The summed E-state index contributed by atoms with van der Waals surface area (Å²) < 4.78 is 29.3. The van der Waals surface area contributed by atoms with Crippen molar-refractivity contribution in [1.29, 1.82) is 0 Å². The number of amides is 2. The highest BCUT2D eigenvalue weighted by Gasteiger charge is 2.42. The number of sulfonamides is 1. The van der Waals surface area contributed by atoms with Gasteiger partial charge in [0.25, 0.3) is 5.91 Å². The van der Waals surface area contributed by atoms with Crippen LogP contribution in [-0.2, 0) is 14.8 Å². The lowest BCUT2D eigenvalue weighted by molar-refractivity contribution is -0.134. The molecule has 0 aliphatic carbocycles. The number of rotatable bonds is 9. The molecule has 2 aromatic rings. The molecule has 1 aromatic carbocycles. The minimum Gasteiger partial charge on any atom is -0.350 e. The molecule has 10 nitrogen and oxygen atoms in total. The van der Waals surface area contributed by atoms with E-state index in [2.05, 4.69) is 27.1 Å². The van der Waals surface area contributed by atoms with Crippen LogP contribution in [-0.4, -0.2) is 115 Å².